The number of hydrogen-bond acceptors (Lipinski definition) is 3. The summed E-state index contributed by atoms with van der Waals surface area (Å²) in [5.74, 6) is -0.547. The third kappa shape index (κ3) is 6.01. The Labute approximate surface area is 183 Å². The second kappa shape index (κ2) is 9.88. The van der Waals surface area contributed by atoms with Crippen LogP contribution in [0.5, 0.6) is 0 Å². The van der Waals surface area contributed by atoms with Crippen molar-refractivity contribution in [3.8, 4) is 0 Å². The summed E-state index contributed by atoms with van der Waals surface area (Å²) < 4.78 is 40.9. The molecule has 1 aliphatic rings. The number of rotatable bonds is 5. The molecule has 0 unspecified atom stereocenters. The van der Waals surface area contributed by atoms with Crippen LogP contribution in [-0.2, 0) is 6.18 Å². The van der Waals surface area contributed by atoms with Crippen molar-refractivity contribution in [2.45, 2.75) is 44.7 Å². The Bertz CT molecular complexity index is 898. The maximum Gasteiger partial charge on any atom is 0.417 e. The zero-order chi connectivity index (χ0) is 21.7. The van der Waals surface area contributed by atoms with Gasteiger partial charge >= 0.3 is 6.18 Å². The molecular weight excluding hydrogens is 438 g/mol. The maximum absolute atomic E-state index is 13.6. The topological polar surface area (TPSA) is 54.0 Å². The van der Waals surface area contributed by atoms with Crippen LogP contribution in [0.4, 0.5) is 24.7 Å². The minimum absolute atomic E-state index is 0.0770. The summed E-state index contributed by atoms with van der Waals surface area (Å²) >= 11 is 11.9. The molecule has 0 radical (unpaired) electrons. The quantitative estimate of drug-likeness (QED) is 0.480. The molecule has 0 atom stereocenters. The lowest BCUT2D eigenvalue weighted by molar-refractivity contribution is -0.137. The molecule has 1 aliphatic carbocycles. The number of amides is 1. The number of pyridine rings is 1. The average Bonchev–Trinajstić information content (AvgIpc) is 2.96. The van der Waals surface area contributed by atoms with E-state index in [1.54, 1.807) is 6.07 Å². The average molecular weight is 460 g/mol. The van der Waals surface area contributed by atoms with E-state index in [1.807, 2.05) is 0 Å². The van der Waals surface area contributed by atoms with Crippen molar-refractivity contribution in [1.82, 2.24) is 10.3 Å². The van der Waals surface area contributed by atoms with Gasteiger partial charge in [-0.2, -0.15) is 13.2 Å². The van der Waals surface area contributed by atoms with Crippen molar-refractivity contribution < 1.29 is 18.0 Å². The maximum atomic E-state index is 13.6. The molecular formula is C21H22Cl2F3N3O. The largest absolute Gasteiger partial charge is 0.417 e. The van der Waals surface area contributed by atoms with E-state index in [0.29, 0.717) is 23.2 Å². The first-order chi connectivity index (χ1) is 14.2. The molecule has 0 bridgehead atoms. The van der Waals surface area contributed by atoms with Crippen LogP contribution in [0.2, 0.25) is 10.0 Å². The fraction of sp³-hybridized carbons (Fsp3) is 0.429. The van der Waals surface area contributed by atoms with Gasteiger partial charge in [-0.05, 0) is 43.0 Å². The van der Waals surface area contributed by atoms with E-state index in [1.165, 1.54) is 25.0 Å². The van der Waals surface area contributed by atoms with E-state index < -0.39 is 23.2 Å². The molecule has 9 heteroatoms. The number of nitrogens with one attached hydrogen (secondary N) is 2. The van der Waals surface area contributed by atoms with Gasteiger partial charge in [0.25, 0.3) is 5.91 Å². The zero-order valence-electron chi connectivity index (χ0n) is 16.2. The Morgan fingerprint density at radius 3 is 2.43 bits per heavy atom. The Hall–Kier alpha value is -1.99. The van der Waals surface area contributed by atoms with Crippen LogP contribution in [0.25, 0.3) is 0 Å². The Morgan fingerprint density at radius 1 is 1.10 bits per heavy atom. The number of carbonyl (C=O) groups is 1. The smallest absolute Gasteiger partial charge is 0.352 e. The molecule has 1 aromatic carbocycles. The number of benzene rings is 1. The predicted molar refractivity (Wildman–Crippen MR) is 113 cm³/mol. The number of halogens is 5. The van der Waals surface area contributed by atoms with Gasteiger partial charge in [0.1, 0.15) is 5.82 Å². The number of anilines is 2. The predicted octanol–water partition coefficient (Wildman–Crippen LogP) is 6.85. The summed E-state index contributed by atoms with van der Waals surface area (Å²) in [7, 11) is 0. The molecule has 162 valence electrons. The molecule has 2 aromatic rings. The van der Waals surface area contributed by atoms with Gasteiger partial charge in [0.05, 0.1) is 21.8 Å². The Morgan fingerprint density at radius 2 is 1.80 bits per heavy atom. The summed E-state index contributed by atoms with van der Waals surface area (Å²) in [6, 6.07) is 5.36. The number of hydrogen-bond donors (Lipinski definition) is 2. The highest BCUT2D eigenvalue weighted by Crippen LogP contribution is 2.35. The van der Waals surface area contributed by atoms with Gasteiger partial charge in [-0.15, -0.1) is 0 Å². The lowest BCUT2D eigenvalue weighted by atomic mass is 10.00. The molecule has 1 fully saturated rings. The lowest BCUT2D eigenvalue weighted by Gasteiger charge is -2.17. The van der Waals surface area contributed by atoms with Crippen LogP contribution < -0.4 is 10.6 Å². The first kappa shape index (κ1) is 22.7. The minimum Gasteiger partial charge on any atom is -0.352 e. The lowest BCUT2D eigenvalue weighted by Crippen LogP contribution is -2.31. The van der Waals surface area contributed by atoms with Crippen molar-refractivity contribution in [2.75, 3.05) is 11.9 Å². The highest BCUT2D eigenvalue weighted by molar-refractivity contribution is 6.36. The fourth-order valence-corrected chi connectivity index (χ4v) is 4.02. The Balaban J connectivity index is 1.77. The number of aromatic nitrogens is 1. The molecule has 2 N–H and O–H groups in total. The van der Waals surface area contributed by atoms with Crippen LogP contribution in [0.3, 0.4) is 0 Å². The summed E-state index contributed by atoms with van der Waals surface area (Å²) in [6.07, 6.45) is 2.70. The Kier molecular flexibility index (Phi) is 7.47. The van der Waals surface area contributed by atoms with E-state index >= 15 is 0 Å². The molecule has 4 nitrogen and oxygen atoms in total. The van der Waals surface area contributed by atoms with Crippen molar-refractivity contribution in [2.24, 2.45) is 5.92 Å². The molecule has 0 saturated heterocycles. The van der Waals surface area contributed by atoms with E-state index in [0.717, 1.165) is 37.9 Å². The van der Waals surface area contributed by atoms with Crippen LogP contribution >= 0.6 is 23.2 Å². The minimum atomic E-state index is -4.71. The normalized spacial score (nSPS) is 15.5. The van der Waals surface area contributed by atoms with Crippen LogP contribution in [-0.4, -0.2) is 17.4 Å². The van der Waals surface area contributed by atoms with E-state index in [4.69, 9.17) is 23.2 Å². The van der Waals surface area contributed by atoms with Gasteiger partial charge in [0.2, 0.25) is 0 Å². The van der Waals surface area contributed by atoms with E-state index in [-0.39, 0.29) is 10.8 Å². The molecule has 1 amide bonds. The van der Waals surface area contributed by atoms with Crippen molar-refractivity contribution >= 4 is 40.6 Å². The first-order valence-electron chi connectivity index (χ1n) is 9.81. The van der Waals surface area contributed by atoms with Gasteiger partial charge in [-0.25, -0.2) is 4.98 Å². The number of alkyl halides is 3. The van der Waals surface area contributed by atoms with Gasteiger partial charge < -0.3 is 10.6 Å². The van der Waals surface area contributed by atoms with E-state index in [2.05, 4.69) is 15.6 Å². The molecule has 0 spiro atoms. The molecule has 3 rings (SSSR count). The summed E-state index contributed by atoms with van der Waals surface area (Å²) in [5, 5.41) is 6.03. The third-order valence-corrected chi connectivity index (χ3v) is 5.72. The molecule has 1 saturated carbocycles. The van der Waals surface area contributed by atoms with Crippen molar-refractivity contribution in [3.05, 3.63) is 51.6 Å². The molecule has 0 aliphatic heterocycles. The molecule has 1 aromatic heterocycles. The van der Waals surface area contributed by atoms with Crippen LogP contribution in [0, 0.1) is 5.92 Å². The van der Waals surface area contributed by atoms with Crippen LogP contribution in [0.15, 0.2) is 30.5 Å². The van der Waals surface area contributed by atoms with Gasteiger partial charge in [0.15, 0.2) is 0 Å². The molecule has 1 heterocycles. The SMILES string of the molecule is O=C(NCC1CCCCCC1)c1cnc(Nc2ccc(Cl)cc2Cl)cc1C(F)(F)F. The second-order valence-corrected chi connectivity index (χ2v) is 8.27. The highest BCUT2D eigenvalue weighted by atomic mass is 35.5. The fourth-order valence-electron chi connectivity index (χ4n) is 3.57. The summed E-state index contributed by atoms with van der Waals surface area (Å²) in [5.41, 5.74) is -1.19. The van der Waals surface area contributed by atoms with Crippen molar-refractivity contribution in [1.29, 1.82) is 0 Å². The third-order valence-electron chi connectivity index (χ3n) is 5.17. The highest BCUT2D eigenvalue weighted by Gasteiger charge is 2.36. The van der Waals surface area contributed by atoms with Crippen molar-refractivity contribution in [3.63, 3.8) is 0 Å². The molecule has 30 heavy (non-hydrogen) atoms. The zero-order valence-corrected chi connectivity index (χ0v) is 17.7. The van der Waals surface area contributed by atoms with Gasteiger partial charge in [0, 0.05) is 17.8 Å². The summed E-state index contributed by atoms with van der Waals surface area (Å²) in [4.78, 5) is 16.5. The van der Waals surface area contributed by atoms with Gasteiger partial charge in [-0.1, -0.05) is 48.9 Å². The van der Waals surface area contributed by atoms with Gasteiger partial charge in [-0.3, -0.25) is 4.79 Å². The van der Waals surface area contributed by atoms with Crippen LogP contribution in [0.1, 0.15) is 54.4 Å². The first-order valence-corrected chi connectivity index (χ1v) is 10.6. The summed E-state index contributed by atoms with van der Waals surface area (Å²) in [6.45, 7) is 0.372. The van der Waals surface area contributed by atoms with E-state index in [9.17, 15) is 18.0 Å². The monoisotopic (exact) mass is 459 g/mol. The number of nitrogens with zero attached hydrogens (tertiary/aromatic N) is 1. The number of carbonyl (C=O) groups excluding carboxylic acids is 1. The standard InChI is InChI=1S/C21H22Cl2F3N3O/c22-14-7-8-18(17(23)9-14)29-19-10-16(21(24,25)26)15(12-27-19)20(30)28-11-13-5-3-1-2-4-6-13/h7-10,12-13H,1-6,11H2,(H,27,29)(H,28,30). The second-order valence-electron chi connectivity index (χ2n) is 7.43.